The molecule has 16 rings (SSSR count). The largest absolute Gasteiger partial charge is 0.354 e. The standard InChI is InChI=1S/C32H20N6.C17H11N3.C15H10ClN3/c1-3-11-21(12-4-1)30-34-31(22-13-5-2-6-14-22)36-32(35-30)38-26-16-8-7-15-23(26)24-19-25-28(20-27(24)38)37-18-10-9-17-29(37)33-25;1-2-6-13-11(5-1)12-9-15-16(10-14(12)18-13)20-8-4-3-7-17(20)19-15;16-15-18-13(11-7-3-1-4-8-11)17-14(19-15)12-9-5-2-6-10-12/h1-20H;1-10,18H;1-10H. The Balaban J connectivity index is 0.000000116. The van der Waals surface area contributed by atoms with Gasteiger partial charge < -0.3 is 4.98 Å². The van der Waals surface area contributed by atoms with E-state index in [1.165, 1.54) is 16.3 Å². The Kier molecular flexibility index (Phi) is 11.2. The van der Waals surface area contributed by atoms with Crippen LogP contribution in [0.15, 0.2) is 243 Å². The second-order valence-electron chi connectivity index (χ2n) is 18.3. The first-order chi connectivity index (χ1) is 38.1. The minimum Gasteiger partial charge on any atom is -0.354 e. The highest BCUT2D eigenvalue weighted by Gasteiger charge is 2.20. The summed E-state index contributed by atoms with van der Waals surface area (Å²) in [6.45, 7) is 0. The number of para-hydroxylation sites is 2. The van der Waals surface area contributed by atoms with E-state index >= 15 is 0 Å². The topological polar surface area (TPSA) is 133 Å². The number of benzene rings is 8. The molecule has 0 atom stereocenters. The lowest BCUT2D eigenvalue weighted by Gasteiger charge is -2.11. The van der Waals surface area contributed by atoms with Crippen LogP contribution < -0.4 is 0 Å². The van der Waals surface area contributed by atoms with Crippen LogP contribution in [0.25, 0.3) is 128 Å². The van der Waals surface area contributed by atoms with E-state index in [4.69, 9.17) is 36.5 Å². The van der Waals surface area contributed by atoms with Crippen molar-refractivity contribution in [3.63, 3.8) is 0 Å². The molecule has 0 aliphatic rings. The summed E-state index contributed by atoms with van der Waals surface area (Å²) in [5.74, 6) is 3.02. The van der Waals surface area contributed by atoms with E-state index in [0.717, 1.165) is 82.9 Å². The first kappa shape index (κ1) is 45.2. The monoisotopic (exact) mass is 1010 g/mol. The number of imidazole rings is 2. The smallest absolute Gasteiger partial charge is 0.238 e. The van der Waals surface area contributed by atoms with Gasteiger partial charge in [0, 0.05) is 67.2 Å². The Hall–Kier alpha value is -10.4. The van der Waals surface area contributed by atoms with Gasteiger partial charge in [-0.2, -0.15) is 19.9 Å². The van der Waals surface area contributed by atoms with Crippen molar-refractivity contribution in [3.05, 3.63) is 248 Å². The number of hydrogen-bond donors (Lipinski definition) is 1. The first-order valence-electron chi connectivity index (χ1n) is 25.0. The van der Waals surface area contributed by atoms with E-state index in [9.17, 15) is 0 Å². The van der Waals surface area contributed by atoms with Crippen molar-refractivity contribution in [1.82, 2.24) is 58.2 Å². The molecule has 0 aliphatic carbocycles. The third-order valence-corrected chi connectivity index (χ3v) is 13.8. The molecule has 12 nitrogen and oxygen atoms in total. The molecule has 0 saturated carbocycles. The zero-order valence-corrected chi connectivity index (χ0v) is 41.6. The van der Waals surface area contributed by atoms with E-state index in [-0.39, 0.29) is 5.28 Å². The van der Waals surface area contributed by atoms with Crippen LogP contribution in [0.3, 0.4) is 0 Å². The molecule has 0 radical (unpaired) electrons. The molecule has 8 aromatic heterocycles. The zero-order valence-electron chi connectivity index (χ0n) is 40.9. The van der Waals surface area contributed by atoms with Gasteiger partial charge in [0.2, 0.25) is 11.2 Å². The predicted octanol–water partition coefficient (Wildman–Crippen LogP) is 15.1. The van der Waals surface area contributed by atoms with Crippen molar-refractivity contribution in [3.8, 4) is 51.5 Å². The lowest BCUT2D eigenvalue weighted by atomic mass is 10.1. The average molecular weight is 1010 g/mol. The molecular formula is C64H41ClN12. The Morgan fingerprint density at radius 2 is 0.753 bits per heavy atom. The number of aromatic amines is 1. The number of fused-ring (bicyclic) bond motifs is 12. The Labute approximate surface area is 444 Å². The highest BCUT2D eigenvalue weighted by Crippen LogP contribution is 2.36. The number of halogens is 1. The Morgan fingerprint density at radius 1 is 0.312 bits per heavy atom. The highest BCUT2D eigenvalue weighted by atomic mass is 35.5. The van der Waals surface area contributed by atoms with Gasteiger partial charge >= 0.3 is 0 Å². The molecule has 0 fully saturated rings. The molecule has 0 spiro atoms. The summed E-state index contributed by atoms with van der Waals surface area (Å²) in [6.07, 6.45) is 4.10. The maximum atomic E-state index is 5.99. The number of hydrogen-bond acceptors (Lipinski definition) is 8. The fraction of sp³-hybridized carbons (Fsp3) is 0. The lowest BCUT2D eigenvalue weighted by Crippen LogP contribution is -2.06. The highest BCUT2D eigenvalue weighted by molar-refractivity contribution is 6.28. The normalized spacial score (nSPS) is 11.4. The van der Waals surface area contributed by atoms with E-state index in [1.54, 1.807) is 0 Å². The number of H-pyrrole nitrogens is 1. The van der Waals surface area contributed by atoms with Crippen LogP contribution in [-0.4, -0.2) is 58.2 Å². The molecule has 8 heterocycles. The second-order valence-corrected chi connectivity index (χ2v) is 18.7. The number of nitrogens with one attached hydrogen (secondary N) is 1. The van der Waals surface area contributed by atoms with Gasteiger partial charge in [-0.3, -0.25) is 13.4 Å². The van der Waals surface area contributed by atoms with E-state index < -0.39 is 0 Å². The summed E-state index contributed by atoms with van der Waals surface area (Å²) < 4.78 is 6.39. The van der Waals surface area contributed by atoms with Gasteiger partial charge in [-0.05, 0) is 72.3 Å². The lowest BCUT2D eigenvalue weighted by molar-refractivity contribution is 0.953. The fourth-order valence-electron chi connectivity index (χ4n) is 10.0. The maximum Gasteiger partial charge on any atom is 0.238 e. The van der Waals surface area contributed by atoms with Crippen molar-refractivity contribution in [1.29, 1.82) is 0 Å². The van der Waals surface area contributed by atoms with Crippen LogP contribution >= 0.6 is 11.6 Å². The third-order valence-electron chi connectivity index (χ3n) is 13.6. The quantitative estimate of drug-likeness (QED) is 0.180. The summed E-state index contributed by atoms with van der Waals surface area (Å²) in [6, 6.07) is 77.2. The van der Waals surface area contributed by atoms with Crippen LogP contribution in [0.1, 0.15) is 0 Å². The minimum absolute atomic E-state index is 0.202. The molecule has 0 saturated heterocycles. The summed E-state index contributed by atoms with van der Waals surface area (Å²) in [7, 11) is 0. The molecule has 0 aliphatic heterocycles. The summed E-state index contributed by atoms with van der Waals surface area (Å²) >= 11 is 5.99. The number of rotatable bonds is 5. The van der Waals surface area contributed by atoms with Crippen molar-refractivity contribution < 1.29 is 0 Å². The van der Waals surface area contributed by atoms with Gasteiger partial charge in [0.1, 0.15) is 11.3 Å². The SMILES string of the molecule is Clc1nc(-c2ccccc2)nc(-c2ccccc2)n1.c1ccc(-c2nc(-c3ccccc3)nc(-n3c4ccccc4c4cc5nc6ccccn6c5cc43)n2)cc1.c1ccc2c(c1)[nH]c1cc3c(cc12)nc1ccccn13. The van der Waals surface area contributed by atoms with Crippen molar-refractivity contribution in [2.75, 3.05) is 0 Å². The average Bonchev–Trinajstić information content (AvgIpc) is 4.37. The Bertz CT molecular complexity index is 4620. The molecule has 77 heavy (non-hydrogen) atoms. The van der Waals surface area contributed by atoms with Crippen molar-refractivity contribution >= 4 is 88.6 Å². The van der Waals surface area contributed by atoms with E-state index in [2.05, 4.69) is 112 Å². The van der Waals surface area contributed by atoms with Crippen LogP contribution in [0, 0.1) is 0 Å². The molecule has 0 amide bonds. The van der Waals surface area contributed by atoms with Gasteiger partial charge in [-0.1, -0.05) is 170 Å². The van der Waals surface area contributed by atoms with Gasteiger partial charge in [-0.15, -0.1) is 0 Å². The molecule has 13 heteroatoms. The molecule has 1 N–H and O–H groups in total. The molecular weight excluding hydrogens is 972 g/mol. The first-order valence-corrected chi connectivity index (χ1v) is 25.4. The van der Waals surface area contributed by atoms with Crippen LogP contribution in [0.2, 0.25) is 5.28 Å². The maximum absolute atomic E-state index is 5.99. The van der Waals surface area contributed by atoms with E-state index in [0.29, 0.717) is 29.2 Å². The van der Waals surface area contributed by atoms with Gasteiger partial charge in [0.25, 0.3) is 0 Å². The number of nitrogens with zero attached hydrogens (tertiary/aromatic N) is 11. The zero-order chi connectivity index (χ0) is 51.2. The molecule has 0 bridgehead atoms. The summed E-state index contributed by atoms with van der Waals surface area (Å²) in [5, 5.41) is 4.93. The molecule has 16 aromatic rings. The second kappa shape index (κ2) is 19.1. The third kappa shape index (κ3) is 8.40. The van der Waals surface area contributed by atoms with Crippen molar-refractivity contribution in [2.45, 2.75) is 0 Å². The van der Waals surface area contributed by atoms with Crippen LogP contribution in [0.4, 0.5) is 0 Å². The Morgan fingerprint density at radius 3 is 1.30 bits per heavy atom. The molecule has 8 aromatic carbocycles. The number of pyridine rings is 2. The minimum atomic E-state index is 0.202. The molecule has 0 unspecified atom stereocenters. The van der Waals surface area contributed by atoms with Gasteiger partial charge in [0.15, 0.2) is 23.3 Å². The summed E-state index contributed by atoms with van der Waals surface area (Å²) in [4.78, 5) is 40.8. The van der Waals surface area contributed by atoms with E-state index in [1.807, 2.05) is 164 Å². The number of aromatic nitrogens is 12. The molecule has 364 valence electrons. The van der Waals surface area contributed by atoms with Crippen molar-refractivity contribution in [2.24, 2.45) is 0 Å². The summed E-state index contributed by atoms with van der Waals surface area (Å²) in [5.41, 5.74) is 14.2. The van der Waals surface area contributed by atoms with Gasteiger partial charge in [-0.25, -0.2) is 19.9 Å². The fourth-order valence-corrected chi connectivity index (χ4v) is 10.2. The van der Waals surface area contributed by atoms with Gasteiger partial charge in [0.05, 0.1) is 33.1 Å². The van der Waals surface area contributed by atoms with Crippen LogP contribution in [0.5, 0.6) is 0 Å². The predicted molar refractivity (Wildman–Crippen MR) is 309 cm³/mol. The van der Waals surface area contributed by atoms with Crippen LogP contribution in [-0.2, 0) is 0 Å².